The summed E-state index contributed by atoms with van der Waals surface area (Å²) in [4.78, 5) is 8.44. The van der Waals surface area contributed by atoms with Crippen molar-refractivity contribution in [2.24, 2.45) is 0 Å². The fourth-order valence-electron chi connectivity index (χ4n) is 2.63. The second kappa shape index (κ2) is 6.02. The smallest absolute Gasteiger partial charge is 0.219 e. The Bertz CT molecular complexity index is 750. The van der Waals surface area contributed by atoms with E-state index in [1.54, 1.807) is 30.6 Å². The summed E-state index contributed by atoms with van der Waals surface area (Å²) in [6, 6.07) is 8.77. The lowest BCUT2D eigenvalue weighted by atomic mass is 10.1. The summed E-state index contributed by atoms with van der Waals surface area (Å²) in [5.74, 6) is 1.03. The summed E-state index contributed by atoms with van der Waals surface area (Å²) >= 11 is 0. The lowest BCUT2D eigenvalue weighted by Gasteiger charge is -2.21. The van der Waals surface area contributed by atoms with E-state index < -0.39 is 10.0 Å². The molecular formula is C15H17N3O3S. The standard InChI is InChI=1S/C15H17N3O3S/c1-22(19,20)18-10-4-7-14(18)13-6-2-8-15(17-13)21-12-5-3-9-16-11-12/h2-3,5-6,8-9,11,14H,4,7,10H2,1H3. The van der Waals surface area contributed by atoms with Gasteiger partial charge in [0.25, 0.3) is 0 Å². The van der Waals surface area contributed by atoms with Gasteiger partial charge >= 0.3 is 0 Å². The van der Waals surface area contributed by atoms with Gasteiger partial charge in [-0.1, -0.05) is 6.07 Å². The summed E-state index contributed by atoms with van der Waals surface area (Å²) in [7, 11) is -3.23. The van der Waals surface area contributed by atoms with Crippen LogP contribution in [0, 0.1) is 0 Å². The Kier molecular flexibility index (Phi) is 4.08. The summed E-state index contributed by atoms with van der Waals surface area (Å²) in [6.07, 6.45) is 6.12. The van der Waals surface area contributed by atoms with Gasteiger partial charge in [0.05, 0.1) is 24.2 Å². The molecule has 0 aliphatic carbocycles. The van der Waals surface area contributed by atoms with Gasteiger partial charge in [0.2, 0.25) is 15.9 Å². The van der Waals surface area contributed by atoms with Gasteiger partial charge in [-0.3, -0.25) is 4.98 Å². The van der Waals surface area contributed by atoms with E-state index >= 15 is 0 Å². The maximum atomic E-state index is 11.9. The number of nitrogens with zero attached hydrogens (tertiary/aromatic N) is 3. The molecule has 2 aromatic rings. The SMILES string of the molecule is CS(=O)(=O)N1CCCC1c1cccc(Oc2cccnc2)n1. The number of hydrogen-bond acceptors (Lipinski definition) is 5. The van der Waals surface area contributed by atoms with Crippen LogP contribution in [0.5, 0.6) is 11.6 Å². The van der Waals surface area contributed by atoms with E-state index in [4.69, 9.17) is 4.74 Å². The first-order valence-electron chi connectivity index (χ1n) is 7.06. The molecule has 1 saturated heterocycles. The Labute approximate surface area is 129 Å². The van der Waals surface area contributed by atoms with Crippen LogP contribution in [-0.2, 0) is 10.0 Å². The van der Waals surface area contributed by atoms with Crippen LogP contribution in [0.1, 0.15) is 24.6 Å². The van der Waals surface area contributed by atoms with Crippen LogP contribution in [0.2, 0.25) is 0 Å². The fourth-order valence-corrected chi connectivity index (χ4v) is 3.77. The Morgan fingerprint density at radius 3 is 2.86 bits per heavy atom. The zero-order valence-corrected chi connectivity index (χ0v) is 13.0. The van der Waals surface area contributed by atoms with E-state index in [-0.39, 0.29) is 6.04 Å². The minimum atomic E-state index is -3.23. The van der Waals surface area contributed by atoms with Gasteiger partial charge in [0.15, 0.2) is 0 Å². The van der Waals surface area contributed by atoms with Crippen LogP contribution in [0.15, 0.2) is 42.7 Å². The molecule has 0 aromatic carbocycles. The fraction of sp³-hybridized carbons (Fsp3) is 0.333. The van der Waals surface area contributed by atoms with E-state index in [2.05, 4.69) is 9.97 Å². The molecule has 0 amide bonds. The number of pyridine rings is 2. The van der Waals surface area contributed by atoms with Gasteiger partial charge in [0.1, 0.15) is 5.75 Å². The van der Waals surface area contributed by atoms with Crippen molar-refractivity contribution in [2.45, 2.75) is 18.9 Å². The molecular weight excluding hydrogens is 302 g/mol. The average molecular weight is 319 g/mol. The van der Waals surface area contributed by atoms with Crippen molar-refractivity contribution in [1.82, 2.24) is 14.3 Å². The Morgan fingerprint density at radius 2 is 2.14 bits per heavy atom. The normalized spacial score (nSPS) is 19.2. The molecule has 0 N–H and O–H groups in total. The Morgan fingerprint density at radius 1 is 1.27 bits per heavy atom. The molecule has 0 spiro atoms. The maximum absolute atomic E-state index is 11.9. The van der Waals surface area contributed by atoms with Gasteiger partial charge in [-0.25, -0.2) is 13.4 Å². The highest BCUT2D eigenvalue weighted by molar-refractivity contribution is 7.88. The molecule has 3 heterocycles. The predicted octanol–water partition coefficient (Wildman–Crippen LogP) is 2.37. The largest absolute Gasteiger partial charge is 0.437 e. The molecule has 1 aliphatic rings. The molecule has 1 unspecified atom stereocenters. The second-order valence-corrected chi connectivity index (χ2v) is 7.16. The van der Waals surface area contributed by atoms with Crippen molar-refractivity contribution in [3.63, 3.8) is 0 Å². The number of sulfonamides is 1. The summed E-state index contributed by atoms with van der Waals surface area (Å²) in [5.41, 5.74) is 0.712. The Hall–Kier alpha value is -1.99. The topological polar surface area (TPSA) is 72.4 Å². The monoisotopic (exact) mass is 319 g/mol. The van der Waals surface area contributed by atoms with Crippen LogP contribution < -0.4 is 4.74 Å². The maximum Gasteiger partial charge on any atom is 0.219 e. The molecule has 116 valence electrons. The zero-order valence-electron chi connectivity index (χ0n) is 12.2. The van der Waals surface area contributed by atoms with Crippen molar-refractivity contribution >= 4 is 10.0 Å². The third-order valence-electron chi connectivity index (χ3n) is 3.57. The van der Waals surface area contributed by atoms with Crippen molar-refractivity contribution in [3.05, 3.63) is 48.4 Å². The molecule has 3 rings (SSSR count). The van der Waals surface area contributed by atoms with Crippen molar-refractivity contribution in [1.29, 1.82) is 0 Å². The summed E-state index contributed by atoms with van der Waals surface area (Å²) in [5, 5.41) is 0. The molecule has 6 nitrogen and oxygen atoms in total. The van der Waals surface area contributed by atoms with Crippen LogP contribution in [0.25, 0.3) is 0 Å². The summed E-state index contributed by atoms with van der Waals surface area (Å²) < 4.78 is 30.9. The molecule has 0 saturated carbocycles. The van der Waals surface area contributed by atoms with Crippen LogP contribution >= 0.6 is 0 Å². The third-order valence-corrected chi connectivity index (χ3v) is 4.86. The Balaban J connectivity index is 1.85. The molecule has 22 heavy (non-hydrogen) atoms. The van der Waals surface area contributed by atoms with Gasteiger partial charge in [0, 0.05) is 18.8 Å². The minimum Gasteiger partial charge on any atom is -0.437 e. The third kappa shape index (κ3) is 3.26. The highest BCUT2D eigenvalue weighted by Gasteiger charge is 2.33. The average Bonchev–Trinajstić information content (AvgIpc) is 2.98. The first-order valence-corrected chi connectivity index (χ1v) is 8.90. The van der Waals surface area contributed by atoms with E-state index in [1.165, 1.54) is 10.6 Å². The summed E-state index contributed by atoms with van der Waals surface area (Å²) in [6.45, 7) is 0.541. The van der Waals surface area contributed by atoms with Gasteiger partial charge in [-0.15, -0.1) is 0 Å². The van der Waals surface area contributed by atoms with Crippen molar-refractivity contribution in [3.8, 4) is 11.6 Å². The lowest BCUT2D eigenvalue weighted by molar-refractivity contribution is 0.387. The minimum absolute atomic E-state index is 0.215. The van der Waals surface area contributed by atoms with Crippen LogP contribution in [0.3, 0.4) is 0 Å². The lowest BCUT2D eigenvalue weighted by Crippen LogP contribution is -2.29. The van der Waals surface area contributed by atoms with E-state index in [1.807, 2.05) is 12.1 Å². The molecule has 7 heteroatoms. The van der Waals surface area contributed by atoms with E-state index in [0.717, 1.165) is 12.8 Å². The second-order valence-electron chi connectivity index (χ2n) is 5.22. The van der Waals surface area contributed by atoms with Crippen molar-refractivity contribution < 1.29 is 13.2 Å². The molecule has 0 radical (unpaired) electrons. The van der Waals surface area contributed by atoms with E-state index in [9.17, 15) is 8.42 Å². The quantitative estimate of drug-likeness (QED) is 0.865. The van der Waals surface area contributed by atoms with Crippen molar-refractivity contribution in [2.75, 3.05) is 12.8 Å². The number of aromatic nitrogens is 2. The number of ether oxygens (including phenoxy) is 1. The first kappa shape index (κ1) is 14.9. The highest BCUT2D eigenvalue weighted by atomic mass is 32.2. The van der Waals surface area contributed by atoms with Crippen LogP contribution in [0.4, 0.5) is 0 Å². The molecule has 2 aromatic heterocycles. The molecule has 0 bridgehead atoms. The van der Waals surface area contributed by atoms with Gasteiger partial charge in [-0.2, -0.15) is 4.31 Å². The zero-order chi connectivity index (χ0) is 15.6. The van der Waals surface area contributed by atoms with Gasteiger partial charge in [-0.05, 0) is 31.0 Å². The van der Waals surface area contributed by atoms with Gasteiger partial charge < -0.3 is 4.74 Å². The first-order chi connectivity index (χ1) is 10.5. The number of hydrogen-bond donors (Lipinski definition) is 0. The van der Waals surface area contributed by atoms with Crippen LogP contribution in [-0.4, -0.2) is 35.5 Å². The highest BCUT2D eigenvalue weighted by Crippen LogP contribution is 2.33. The van der Waals surface area contributed by atoms with E-state index in [0.29, 0.717) is 23.9 Å². The molecule has 1 fully saturated rings. The number of rotatable bonds is 4. The molecule has 1 aliphatic heterocycles. The molecule has 1 atom stereocenters. The predicted molar refractivity (Wildman–Crippen MR) is 82.1 cm³/mol.